The van der Waals surface area contributed by atoms with Crippen LogP contribution in [0.4, 0.5) is 17.1 Å². The Hall–Kier alpha value is -3.33. The molecule has 0 aliphatic carbocycles. The number of nitrogens with one attached hydrogen (secondary N) is 1. The number of likely N-dealkylation sites (tertiary alicyclic amines) is 1. The van der Waals surface area contributed by atoms with Crippen LogP contribution in [0.15, 0.2) is 29.5 Å². The summed E-state index contributed by atoms with van der Waals surface area (Å²) < 4.78 is 1.46. The van der Waals surface area contributed by atoms with Crippen LogP contribution in [0.1, 0.15) is 5.69 Å². The molecular weight excluding hydrogens is 426 g/mol. The number of hydrogen-bond donors (Lipinski definition) is 5. The molecular formula is C17H23N9O6. The summed E-state index contributed by atoms with van der Waals surface area (Å²) in [5.41, 5.74) is 9.23. The van der Waals surface area contributed by atoms with Crippen molar-refractivity contribution in [2.75, 3.05) is 25.0 Å². The van der Waals surface area contributed by atoms with Gasteiger partial charge in [-0.3, -0.25) is 15.0 Å². The SMILES string of the molecule is [N-]=[N+]=Nc1ccc(NCCc2cn(CN3C[C@H](O)[C@@H](O)[C@H](O)[C@H]3CO)nn2)c([N+](=O)[O-])c1. The fourth-order valence-electron chi connectivity index (χ4n) is 3.51. The zero-order chi connectivity index (χ0) is 23.3. The lowest BCUT2D eigenvalue weighted by atomic mass is 9.95. The molecule has 5 N–H and O–H groups in total. The highest BCUT2D eigenvalue weighted by Crippen LogP contribution is 2.29. The zero-order valence-corrected chi connectivity index (χ0v) is 16.8. The molecule has 32 heavy (non-hydrogen) atoms. The lowest BCUT2D eigenvalue weighted by Crippen LogP contribution is -2.62. The minimum Gasteiger partial charge on any atom is -0.395 e. The lowest BCUT2D eigenvalue weighted by molar-refractivity contribution is -0.383. The number of anilines is 1. The molecule has 2 heterocycles. The summed E-state index contributed by atoms with van der Waals surface area (Å²) in [4.78, 5) is 14.9. The van der Waals surface area contributed by atoms with Gasteiger partial charge in [0.2, 0.25) is 0 Å². The molecule has 15 heteroatoms. The van der Waals surface area contributed by atoms with Gasteiger partial charge in [0.25, 0.3) is 5.69 Å². The molecule has 1 aliphatic rings. The Labute approximate surface area is 181 Å². The second-order valence-corrected chi connectivity index (χ2v) is 7.29. The Morgan fingerprint density at radius 3 is 2.81 bits per heavy atom. The molecule has 15 nitrogen and oxygen atoms in total. The van der Waals surface area contributed by atoms with Gasteiger partial charge >= 0.3 is 0 Å². The highest BCUT2D eigenvalue weighted by Gasteiger charge is 2.41. The zero-order valence-electron chi connectivity index (χ0n) is 16.8. The van der Waals surface area contributed by atoms with Crippen LogP contribution in [0.5, 0.6) is 0 Å². The summed E-state index contributed by atoms with van der Waals surface area (Å²) in [6, 6.07) is 3.32. The number of hydrogen-bond acceptors (Lipinski definition) is 11. The first-order valence-corrected chi connectivity index (χ1v) is 9.69. The average Bonchev–Trinajstić information content (AvgIpc) is 3.20. The topological polar surface area (TPSA) is 219 Å². The van der Waals surface area contributed by atoms with E-state index >= 15 is 0 Å². The minimum atomic E-state index is -1.34. The van der Waals surface area contributed by atoms with Gasteiger partial charge in [-0.25, -0.2) is 4.68 Å². The van der Waals surface area contributed by atoms with E-state index in [1.807, 2.05) is 0 Å². The fraction of sp³-hybridized carbons (Fsp3) is 0.529. The Morgan fingerprint density at radius 1 is 1.34 bits per heavy atom. The molecule has 1 saturated heterocycles. The molecule has 1 fully saturated rings. The number of piperidine rings is 1. The summed E-state index contributed by atoms with van der Waals surface area (Å²) in [7, 11) is 0. The maximum absolute atomic E-state index is 11.3. The molecule has 1 aliphatic heterocycles. The van der Waals surface area contributed by atoms with Gasteiger partial charge in [0, 0.05) is 36.2 Å². The van der Waals surface area contributed by atoms with Crippen molar-refractivity contribution in [3.05, 3.63) is 50.6 Å². The van der Waals surface area contributed by atoms with Crippen molar-refractivity contribution in [1.82, 2.24) is 19.9 Å². The van der Waals surface area contributed by atoms with Crippen molar-refractivity contribution in [2.45, 2.75) is 37.4 Å². The highest BCUT2D eigenvalue weighted by molar-refractivity contribution is 5.66. The number of rotatable bonds is 9. The third-order valence-corrected chi connectivity index (χ3v) is 5.16. The first-order valence-electron chi connectivity index (χ1n) is 9.69. The number of aliphatic hydroxyl groups is 4. The second kappa shape index (κ2) is 10.3. The van der Waals surface area contributed by atoms with Gasteiger partial charge in [0.15, 0.2) is 0 Å². The number of nitrogens with zero attached hydrogens (tertiary/aromatic N) is 8. The Morgan fingerprint density at radius 2 is 2.12 bits per heavy atom. The first kappa shape index (κ1) is 23.3. The van der Waals surface area contributed by atoms with Gasteiger partial charge in [-0.05, 0) is 11.6 Å². The molecule has 3 rings (SSSR count). The summed E-state index contributed by atoms with van der Waals surface area (Å²) in [6.45, 7) is 0.0647. The molecule has 0 unspecified atom stereocenters. The molecule has 0 saturated carbocycles. The third-order valence-electron chi connectivity index (χ3n) is 5.16. The van der Waals surface area contributed by atoms with Gasteiger partial charge in [0.1, 0.15) is 17.9 Å². The molecule has 2 aromatic rings. The molecule has 0 amide bonds. The molecule has 172 valence electrons. The third kappa shape index (κ3) is 5.28. The monoisotopic (exact) mass is 449 g/mol. The van der Waals surface area contributed by atoms with Crippen molar-refractivity contribution in [1.29, 1.82) is 0 Å². The summed E-state index contributed by atoms with van der Waals surface area (Å²) >= 11 is 0. The maximum Gasteiger partial charge on any atom is 0.292 e. The van der Waals surface area contributed by atoms with E-state index in [9.17, 15) is 30.5 Å². The first-order chi connectivity index (χ1) is 15.3. The molecule has 4 atom stereocenters. The van der Waals surface area contributed by atoms with E-state index < -0.39 is 35.9 Å². The number of aromatic nitrogens is 3. The minimum absolute atomic E-state index is 0.0374. The van der Waals surface area contributed by atoms with E-state index in [1.165, 1.54) is 22.9 Å². The van der Waals surface area contributed by atoms with E-state index in [0.717, 1.165) is 0 Å². The van der Waals surface area contributed by atoms with Gasteiger partial charge in [-0.1, -0.05) is 16.4 Å². The van der Waals surface area contributed by atoms with Crippen LogP contribution < -0.4 is 5.32 Å². The number of nitro groups is 1. The van der Waals surface area contributed by atoms with E-state index in [1.54, 1.807) is 11.1 Å². The van der Waals surface area contributed by atoms with E-state index in [-0.39, 0.29) is 30.3 Å². The predicted molar refractivity (Wildman–Crippen MR) is 110 cm³/mol. The maximum atomic E-state index is 11.3. The van der Waals surface area contributed by atoms with Crippen LogP contribution in [0.2, 0.25) is 0 Å². The summed E-state index contributed by atoms with van der Waals surface area (Å²) in [6.07, 6.45) is -1.79. The van der Waals surface area contributed by atoms with Crippen LogP contribution in [0.25, 0.3) is 10.4 Å². The Balaban J connectivity index is 1.59. The van der Waals surface area contributed by atoms with Gasteiger partial charge in [-0.15, -0.1) is 5.10 Å². The van der Waals surface area contributed by atoms with Gasteiger partial charge < -0.3 is 25.7 Å². The van der Waals surface area contributed by atoms with Crippen molar-refractivity contribution >= 4 is 17.1 Å². The number of benzene rings is 1. The molecule has 1 aromatic carbocycles. The Bertz CT molecular complexity index is 995. The van der Waals surface area contributed by atoms with Gasteiger partial charge in [-0.2, -0.15) is 0 Å². The van der Waals surface area contributed by atoms with E-state index in [4.69, 9.17) is 5.53 Å². The van der Waals surface area contributed by atoms with Crippen LogP contribution in [0.3, 0.4) is 0 Å². The van der Waals surface area contributed by atoms with Crippen LogP contribution in [-0.4, -0.2) is 89.3 Å². The number of β-amino-alcohol motifs (C(OH)–C–C–N with tert-alkyl or cyclic N) is 1. The average molecular weight is 449 g/mol. The fourth-order valence-corrected chi connectivity index (χ4v) is 3.51. The smallest absolute Gasteiger partial charge is 0.292 e. The summed E-state index contributed by atoms with van der Waals surface area (Å²) in [5, 5.41) is 64.8. The quantitative estimate of drug-likeness (QED) is 0.109. The molecule has 0 radical (unpaired) electrons. The largest absolute Gasteiger partial charge is 0.395 e. The molecule has 0 bridgehead atoms. The van der Waals surface area contributed by atoms with E-state index in [0.29, 0.717) is 18.7 Å². The standard InChI is InChI=1S/C17H23N9O6/c18-22-20-10-1-2-12(13(5-10)26(31)32)19-4-3-11-6-25(23-21-11)9-24-7-15(28)17(30)16(29)14(24)8-27/h1-2,5-6,14-17,19,27-30H,3-4,7-9H2/t14-,15+,16-,17-/m1/s1. The van der Waals surface area contributed by atoms with Crippen LogP contribution in [0, 0.1) is 10.1 Å². The number of aliphatic hydroxyl groups excluding tert-OH is 4. The second-order valence-electron chi connectivity index (χ2n) is 7.29. The van der Waals surface area contributed by atoms with Crippen LogP contribution >= 0.6 is 0 Å². The summed E-state index contributed by atoms with van der Waals surface area (Å²) in [5.74, 6) is 0. The predicted octanol–water partition coefficient (Wildman–Crippen LogP) is -0.501. The van der Waals surface area contributed by atoms with E-state index in [2.05, 4.69) is 25.7 Å². The molecule has 1 aromatic heterocycles. The number of azide groups is 1. The van der Waals surface area contributed by atoms with Crippen LogP contribution in [-0.2, 0) is 13.1 Å². The number of nitro benzene ring substituents is 1. The van der Waals surface area contributed by atoms with Gasteiger partial charge in [0.05, 0.1) is 42.2 Å². The lowest BCUT2D eigenvalue weighted by Gasteiger charge is -2.42. The normalized spacial score (nSPS) is 23.5. The van der Waals surface area contributed by atoms with Crippen molar-refractivity contribution in [3.63, 3.8) is 0 Å². The Kier molecular flexibility index (Phi) is 7.53. The molecule has 0 spiro atoms. The van der Waals surface area contributed by atoms with Crippen molar-refractivity contribution < 1.29 is 25.3 Å². The van der Waals surface area contributed by atoms with Crippen molar-refractivity contribution in [3.8, 4) is 0 Å². The van der Waals surface area contributed by atoms with Crippen molar-refractivity contribution in [2.24, 2.45) is 5.11 Å². The highest BCUT2D eigenvalue weighted by atomic mass is 16.6.